The van der Waals surface area contributed by atoms with Crippen LogP contribution in [-0.2, 0) is 11.4 Å². The van der Waals surface area contributed by atoms with Crippen LogP contribution < -0.4 is 16.6 Å². The van der Waals surface area contributed by atoms with Crippen LogP contribution in [0.4, 0.5) is 0 Å². The van der Waals surface area contributed by atoms with Crippen LogP contribution in [0.15, 0.2) is 15.8 Å². The highest BCUT2D eigenvalue weighted by molar-refractivity contribution is 5.14. The summed E-state index contributed by atoms with van der Waals surface area (Å²) in [5.41, 5.74) is -1.28. The number of aromatic nitrogens is 2. The summed E-state index contributed by atoms with van der Waals surface area (Å²) < 4.78 is 6.47. The molecule has 2 heterocycles. The SMILES string of the molecule is CNCn1cc([C@@H]2O[C@H](CO)C(O)C2O)c(=O)[nH]c1=O. The normalized spacial score (nSPS) is 29.8. The molecule has 0 saturated carbocycles. The summed E-state index contributed by atoms with van der Waals surface area (Å²) in [6.45, 7) is -0.319. The number of H-pyrrole nitrogens is 1. The molecule has 112 valence electrons. The predicted molar refractivity (Wildman–Crippen MR) is 67.1 cm³/mol. The lowest BCUT2D eigenvalue weighted by Gasteiger charge is -2.15. The van der Waals surface area contributed by atoms with Gasteiger partial charge < -0.3 is 25.4 Å². The zero-order chi connectivity index (χ0) is 14.9. The number of ether oxygens (including phenoxy) is 1. The molecule has 1 aliphatic heterocycles. The fourth-order valence-corrected chi connectivity index (χ4v) is 2.17. The van der Waals surface area contributed by atoms with Crippen molar-refractivity contribution in [2.75, 3.05) is 13.7 Å². The van der Waals surface area contributed by atoms with E-state index in [4.69, 9.17) is 9.84 Å². The highest BCUT2D eigenvalue weighted by Gasteiger charge is 2.44. The Morgan fingerprint density at radius 1 is 1.40 bits per heavy atom. The summed E-state index contributed by atoms with van der Waals surface area (Å²) in [6, 6.07) is 0. The third kappa shape index (κ3) is 2.53. The highest BCUT2D eigenvalue weighted by Crippen LogP contribution is 2.31. The molecule has 1 fully saturated rings. The van der Waals surface area contributed by atoms with Crippen molar-refractivity contribution >= 4 is 0 Å². The van der Waals surface area contributed by atoms with Gasteiger partial charge in [0.1, 0.15) is 24.4 Å². The number of hydrogen-bond donors (Lipinski definition) is 5. The van der Waals surface area contributed by atoms with Crippen LogP contribution in [0, 0.1) is 0 Å². The summed E-state index contributed by atoms with van der Waals surface area (Å²) in [4.78, 5) is 25.5. The van der Waals surface area contributed by atoms with Crippen molar-refractivity contribution in [2.45, 2.75) is 31.1 Å². The zero-order valence-electron chi connectivity index (χ0n) is 10.8. The van der Waals surface area contributed by atoms with Crippen LogP contribution in [0.3, 0.4) is 0 Å². The molecule has 1 aromatic rings. The van der Waals surface area contributed by atoms with E-state index in [0.717, 1.165) is 0 Å². The number of rotatable bonds is 4. The molecule has 0 radical (unpaired) electrons. The van der Waals surface area contributed by atoms with Crippen LogP contribution >= 0.6 is 0 Å². The standard InChI is InChI=1S/C11H17N3O6/c1-12-4-14-2-5(10(18)13-11(14)19)9-8(17)7(16)6(3-15)20-9/h2,6-9,12,15-17H,3-4H2,1H3,(H,13,18,19)/t6-,7?,8?,9+/m1/s1. The Hall–Kier alpha value is -1.52. The van der Waals surface area contributed by atoms with Gasteiger partial charge >= 0.3 is 5.69 Å². The van der Waals surface area contributed by atoms with Crippen LogP contribution in [0.1, 0.15) is 11.7 Å². The van der Waals surface area contributed by atoms with E-state index < -0.39 is 42.3 Å². The van der Waals surface area contributed by atoms with Gasteiger partial charge in [0.2, 0.25) is 0 Å². The van der Waals surface area contributed by atoms with Crippen molar-refractivity contribution in [1.82, 2.24) is 14.9 Å². The van der Waals surface area contributed by atoms with E-state index >= 15 is 0 Å². The molecule has 2 rings (SSSR count). The molecule has 0 aliphatic carbocycles. The Kier molecular flexibility index (Phi) is 4.35. The Labute approximate surface area is 113 Å². The highest BCUT2D eigenvalue weighted by atomic mass is 16.6. The quantitative estimate of drug-likeness (QED) is 0.395. The minimum Gasteiger partial charge on any atom is -0.394 e. The molecule has 0 bridgehead atoms. The molecule has 4 atom stereocenters. The first-order valence-corrected chi connectivity index (χ1v) is 6.10. The first-order chi connectivity index (χ1) is 9.49. The van der Waals surface area contributed by atoms with Gasteiger partial charge in [-0.1, -0.05) is 0 Å². The maximum absolute atomic E-state index is 11.8. The van der Waals surface area contributed by atoms with Crippen molar-refractivity contribution in [3.05, 3.63) is 32.6 Å². The number of aliphatic hydroxyl groups is 3. The number of aromatic amines is 1. The van der Waals surface area contributed by atoms with Gasteiger partial charge in [0.25, 0.3) is 5.56 Å². The van der Waals surface area contributed by atoms with Gasteiger partial charge in [-0.2, -0.15) is 0 Å². The van der Waals surface area contributed by atoms with E-state index in [1.807, 2.05) is 0 Å². The monoisotopic (exact) mass is 287 g/mol. The first kappa shape index (κ1) is 14.9. The average Bonchev–Trinajstić information content (AvgIpc) is 2.70. The van der Waals surface area contributed by atoms with E-state index in [1.54, 1.807) is 7.05 Å². The molecule has 1 saturated heterocycles. The molecule has 0 aromatic carbocycles. The van der Waals surface area contributed by atoms with Crippen LogP contribution in [0.25, 0.3) is 0 Å². The predicted octanol–water partition coefficient (Wildman–Crippen LogP) is -3.13. The minimum absolute atomic E-state index is 0.0161. The summed E-state index contributed by atoms with van der Waals surface area (Å²) in [5, 5.41) is 31.3. The molecule has 1 aromatic heterocycles. The van der Waals surface area contributed by atoms with Gasteiger partial charge in [0, 0.05) is 6.20 Å². The van der Waals surface area contributed by atoms with Crippen molar-refractivity contribution in [3.8, 4) is 0 Å². The average molecular weight is 287 g/mol. The fourth-order valence-electron chi connectivity index (χ4n) is 2.17. The molecule has 9 nitrogen and oxygen atoms in total. The Balaban J connectivity index is 2.40. The Morgan fingerprint density at radius 2 is 2.10 bits per heavy atom. The van der Waals surface area contributed by atoms with Gasteiger partial charge in [0.05, 0.1) is 18.8 Å². The lowest BCUT2D eigenvalue weighted by atomic mass is 10.0. The van der Waals surface area contributed by atoms with E-state index in [1.165, 1.54) is 10.8 Å². The minimum atomic E-state index is -1.35. The first-order valence-electron chi connectivity index (χ1n) is 6.10. The third-order valence-corrected chi connectivity index (χ3v) is 3.22. The Bertz CT molecular complexity index is 582. The second-order valence-electron chi connectivity index (χ2n) is 4.58. The molecule has 9 heteroatoms. The molecule has 0 spiro atoms. The smallest absolute Gasteiger partial charge is 0.329 e. The van der Waals surface area contributed by atoms with E-state index in [9.17, 15) is 19.8 Å². The van der Waals surface area contributed by atoms with Crippen LogP contribution in [-0.4, -0.2) is 56.8 Å². The lowest BCUT2D eigenvalue weighted by molar-refractivity contribution is -0.0233. The maximum Gasteiger partial charge on any atom is 0.329 e. The number of nitrogens with one attached hydrogen (secondary N) is 2. The summed E-state index contributed by atoms with van der Waals surface area (Å²) >= 11 is 0. The van der Waals surface area contributed by atoms with E-state index in [2.05, 4.69) is 10.3 Å². The molecule has 5 N–H and O–H groups in total. The molecular weight excluding hydrogens is 270 g/mol. The van der Waals surface area contributed by atoms with Crippen molar-refractivity contribution in [1.29, 1.82) is 0 Å². The lowest BCUT2D eigenvalue weighted by Crippen LogP contribution is -2.37. The number of aliphatic hydroxyl groups excluding tert-OH is 3. The molecule has 0 amide bonds. The van der Waals surface area contributed by atoms with Gasteiger partial charge in [-0.25, -0.2) is 4.79 Å². The van der Waals surface area contributed by atoms with E-state index in [0.29, 0.717) is 0 Å². The molecule has 20 heavy (non-hydrogen) atoms. The van der Waals surface area contributed by atoms with Gasteiger partial charge in [-0.05, 0) is 7.05 Å². The van der Waals surface area contributed by atoms with Crippen molar-refractivity contribution < 1.29 is 20.1 Å². The maximum atomic E-state index is 11.8. The topological polar surface area (TPSA) is 137 Å². The number of nitrogens with zero attached hydrogens (tertiary/aromatic N) is 1. The summed E-state index contributed by atoms with van der Waals surface area (Å²) in [6.07, 6.45) is -3.46. The van der Waals surface area contributed by atoms with Crippen molar-refractivity contribution in [2.24, 2.45) is 0 Å². The number of hydrogen-bond acceptors (Lipinski definition) is 7. The largest absolute Gasteiger partial charge is 0.394 e. The second-order valence-corrected chi connectivity index (χ2v) is 4.58. The van der Waals surface area contributed by atoms with Crippen molar-refractivity contribution in [3.63, 3.8) is 0 Å². The van der Waals surface area contributed by atoms with Gasteiger partial charge in [0.15, 0.2) is 0 Å². The molecule has 2 unspecified atom stereocenters. The molecule has 1 aliphatic rings. The Morgan fingerprint density at radius 3 is 2.65 bits per heavy atom. The zero-order valence-corrected chi connectivity index (χ0v) is 10.8. The van der Waals surface area contributed by atoms with Gasteiger partial charge in [-0.15, -0.1) is 0 Å². The van der Waals surface area contributed by atoms with E-state index in [-0.39, 0.29) is 12.2 Å². The summed E-state index contributed by atoms with van der Waals surface area (Å²) in [5.74, 6) is 0. The third-order valence-electron chi connectivity index (χ3n) is 3.22. The van der Waals surface area contributed by atoms with Crippen LogP contribution in [0.2, 0.25) is 0 Å². The van der Waals surface area contributed by atoms with Gasteiger partial charge in [-0.3, -0.25) is 14.3 Å². The van der Waals surface area contributed by atoms with Crippen LogP contribution in [0.5, 0.6) is 0 Å². The molecular formula is C11H17N3O6. The summed E-state index contributed by atoms with van der Waals surface area (Å²) in [7, 11) is 1.63. The fraction of sp³-hybridized carbons (Fsp3) is 0.636. The second kappa shape index (κ2) is 5.85.